The minimum Gasteiger partial charge on any atom is -0.352 e. The minimum atomic E-state index is -0.474. The largest absolute Gasteiger partial charge is 0.352 e. The fourth-order valence-corrected chi connectivity index (χ4v) is 2.62. The van der Waals surface area contributed by atoms with Crippen LogP contribution in [0.4, 0.5) is 23.1 Å². The van der Waals surface area contributed by atoms with E-state index in [1.54, 1.807) is 12.3 Å². The van der Waals surface area contributed by atoms with E-state index in [2.05, 4.69) is 32.5 Å². The Labute approximate surface area is 167 Å². The molecular formula is C19H19ClN6O2. The molecule has 0 radical (unpaired) electrons. The quantitative estimate of drug-likeness (QED) is 0.423. The van der Waals surface area contributed by atoms with Gasteiger partial charge in [0.2, 0.25) is 5.95 Å². The molecule has 0 saturated carbocycles. The highest BCUT2D eigenvalue weighted by Gasteiger charge is 2.16. The second-order valence-electron chi connectivity index (χ2n) is 6.17. The summed E-state index contributed by atoms with van der Waals surface area (Å²) in [5, 5.41) is 17.9. The molecule has 144 valence electrons. The van der Waals surface area contributed by atoms with Crippen molar-refractivity contribution in [1.82, 2.24) is 15.0 Å². The molecule has 0 saturated heterocycles. The Hall–Kier alpha value is -3.26. The molecule has 28 heavy (non-hydrogen) atoms. The third-order valence-corrected chi connectivity index (χ3v) is 4.29. The molecule has 3 rings (SSSR count). The fraction of sp³-hybridized carbons (Fsp3) is 0.211. The summed E-state index contributed by atoms with van der Waals surface area (Å²) in [6.45, 7) is 4.07. The second kappa shape index (κ2) is 8.62. The summed E-state index contributed by atoms with van der Waals surface area (Å²) < 4.78 is 0. The molecule has 0 bridgehead atoms. The van der Waals surface area contributed by atoms with E-state index in [4.69, 9.17) is 11.6 Å². The van der Waals surface area contributed by atoms with Gasteiger partial charge in [-0.3, -0.25) is 15.1 Å². The van der Waals surface area contributed by atoms with Gasteiger partial charge in [0, 0.05) is 29.4 Å². The number of nitro benzene ring substituents is 1. The Morgan fingerprint density at radius 1 is 1.18 bits per heavy atom. The van der Waals surface area contributed by atoms with Crippen molar-refractivity contribution in [2.75, 3.05) is 10.6 Å². The lowest BCUT2D eigenvalue weighted by Crippen LogP contribution is -2.16. The van der Waals surface area contributed by atoms with Crippen LogP contribution < -0.4 is 10.6 Å². The number of nitrogens with zero attached hydrogens (tertiary/aromatic N) is 4. The Kier molecular flexibility index (Phi) is 6.00. The van der Waals surface area contributed by atoms with E-state index in [9.17, 15) is 10.1 Å². The van der Waals surface area contributed by atoms with Crippen LogP contribution in [0.2, 0.25) is 5.02 Å². The van der Waals surface area contributed by atoms with Gasteiger partial charge in [-0.25, -0.2) is 4.98 Å². The average Bonchev–Trinajstić information content (AvgIpc) is 2.68. The zero-order valence-electron chi connectivity index (χ0n) is 15.4. The summed E-state index contributed by atoms with van der Waals surface area (Å²) in [7, 11) is 0. The molecule has 2 aromatic heterocycles. The van der Waals surface area contributed by atoms with Crippen molar-refractivity contribution in [1.29, 1.82) is 0 Å². The van der Waals surface area contributed by atoms with Crippen LogP contribution in [0.25, 0.3) is 11.4 Å². The van der Waals surface area contributed by atoms with Crippen molar-refractivity contribution in [2.45, 2.75) is 26.3 Å². The lowest BCUT2D eigenvalue weighted by Gasteiger charge is -2.14. The Morgan fingerprint density at radius 3 is 2.68 bits per heavy atom. The molecule has 2 N–H and O–H groups in total. The highest BCUT2D eigenvalue weighted by molar-refractivity contribution is 6.31. The first-order valence-corrected chi connectivity index (χ1v) is 9.12. The summed E-state index contributed by atoms with van der Waals surface area (Å²) in [6, 6.07) is 11.7. The third-order valence-electron chi connectivity index (χ3n) is 4.06. The maximum absolute atomic E-state index is 11.3. The number of nitro groups is 1. The lowest BCUT2D eigenvalue weighted by molar-refractivity contribution is -0.383. The summed E-state index contributed by atoms with van der Waals surface area (Å²) in [4.78, 5) is 24.1. The predicted octanol–water partition coefficient (Wildman–Crippen LogP) is 5.05. The van der Waals surface area contributed by atoms with Crippen molar-refractivity contribution < 1.29 is 4.92 Å². The first-order valence-electron chi connectivity index (χ1n) is 8.74. The molecule has 0 aliphatic rings. The van der Waals surface area contributed by atoms with Crippen LogP contribution in [0.15, 0.2) is 48.7 Å². The molecule has 1 atom stereocenters. The van der Waals surface area contributed by atoms with Crippen LogP contribution in [0, 0.1) is 10.1 Å². The van der Waals surface area contributed by atoms with Crippen molar-refractivity contribution in [3.63, 3.8) is 0 Å². The Balaban J connectivity index is 2.04. The summed E-state index contributed by atoms with van der Waals surface area (Å²) >= 11 is 6.02. The molecular weight excluding hydrogens is 380 g/mol. The maximum atomic E-state index is 11.3. The van der Waals surface area contributed by atoms with Crippen LogP contribution >= 0.6 is 11.6 Å². The van der Waals surface area contributed by atoms with Crippen LogP contribution in [0.5, 0.6) is 0 Å². The predicted molar refractivity (Wildman–Crippen MR) is 110 cm³/mol. The van der Waals surface area contributed by atoms with E-state index in [-0.39, 0.29) is 17.4 Å². The number of nitrogens with one attached hydrogen (secondary N) is 2. The van der Waals surface area contributed by atoms with E-state index in [0.29, 0.717) is 28.2 Å². The smallest absolute Gasteiger partial charge is 0.292 e. The standard InChI is InChI=1S/C19H19ClN6O2/c1-3-12(2)22-19-24-15(14-6-4-5-9-21-14)11-18(25-19)23-16-10-13(20)7-8-17(16)26(27)28/h4-12H,3H2,1-2H3,(H2,22,23,24,25)/t12-/m0/s1. The number of pyridine rings is 1. The van der Waals surface area contributed by atoms with Crippen molar-refractivity contribution in [3.8, 4) is 11.4 Å². The molecule has 3 aromatic rings. The van der Waals surface area contributed by atoms with Gasteiger partial charge in [-0.05, 0) is 37.6 Å². The van der Waals surface area contributed by atoms with Gasteiger partial charge < -0.3 is 10.6 Å². The van der Waals surface area contributed by atoms with Crippen molar-refractivity contribution >= 4 is 34.7 Å². The van der Waals surface area contributed by atoms with Gasteiger partial charge in [-0.1, -0.05) is 24.6 Å². The van der Waals surface area contributed by atoms with Gasteiger partial charge in [0.1, 0.15) is 11.5 Å². The van der Waals surface area contributed by atoms with E-state index < -0.39 is 4.92 Å². The van der Waals surface area contributed by atoms with Crippen molar-refractivity contribution in [2.24, 2.45) is 0 Å². The minimum absolute atomic E-state index is 0.0983. The van der Waals surface area contributed by atoms with Crippen LogP contribution in [-0.4, -0.2) is 25.9 Å². The number of benzene rings is 1. The van der Waals surface area contributed by atoms with E-state index in [0.717, 1.165) is 6.42 Å². The molecule has 0 unspecified atom stereocenters. The molecule has 0 aliphatic carbocycles. The number of rotatable bonds is 7. The monoisotopic (exact) mass is 398 g/mol. The summed E-state index contributed by atoms with van der Waals surface area (Å²) in [5.74, 6) is 0.802. The van der Waals surface area contributed by atoms with E-state index in [1.807, 2.05) is 25.1 Å². The molecule has 1 aromatic carbocycles. The first kappa shape index (κ1) is 19.5. The van der Waals surface area contributed by atoms with Gasteiger partial charge in [0.25, 0.3) is 5.69 Å². The fourth-order valence-electron chi connectivity index (χ4n) is 2.45. The summed E-state index contributed by atoms with van der Waals surface area (Å²) in [5.41, 5.74) is 1.41. The second-order valence-corrected chi connectivity index (χ2v) is 6.61. The number of hydrogen-bond donors (Lipinski definition) is 2. The SMILES string of the molecule is CC[C@H](C)Nc1nc(Nc2cc(Cl)ccc2[N+](=O)[O-])cc(-c2ccccn2)n1. The van der Waals surface area contributed by atoms with Gasteiger partial charge in [0.05, 0.1) is 16.3 Å². The number of aromatic nitrogens is 3. The zero-order valence-corrected chi connectivity index (χ0v) is 16.1. The molecule has 0 fully saturated rings. The van der Waals surface area contributed by atoms with Gasteiger partial charge in [-0.15, -0.1) is 0 Å². The highest BCUT2D eigenvalue weighted by Crippen LogP contribution is 2.31. The third kappa shape index (κ3) is 4.72. The number of halogens is 1. The molecule has 9 heteroatoms. The van der Waals surface area contributed by atoms with Crippen molar-refractivity contribution in [3.05, 3.63) is 63.8 Å². The highest BCUT2D eigenvalue weighted by atomic mass is 35.5. The lowest BCUT2D eigenvalue weighted by atomic mass is 10.2. The molecule has 0 aliphatic heterocycles. The topological polar surface area (TPSA) is 106 Å². The average molecular weight is 399 g/mol. The Morgan fingerprint density at radius 2 is 2.00 bits per heavy atom. The van der Waals surface area contributed by atoms with E-state index >= 15 is 0 Å². The van der Waals surface area contributed by atoms with Gasteiger partial charge in [0.15, 0.2) is 0 Å². The van der Waals surface area contributed by atoms with Crippen LogP contribution in [0.1, 0.15) is 20.3 Å². The van der Waals surface area contributed by atoms with Gasteiger partial charge >= 0.3 is 0 Å². The number of hydrogen-bond acceptors (Lipinski definition) is 7. The molecule has 2 heterocycles. The van der Waals surface area contributed by atoms with Crippen LogP contribution in [0.3, 0.4) is 0 Å². The van der Waals surface area contributed by atoms with Gasteiger partial charge in [-0.2, -0.15) is 4.98 Å². The van der Waals surface area contributed by atoms with E-state index in [1.165, 1.54) is 18.2 Å². The van der Waals surface area contributed by atoms with Crippen LogP contribution in [-0.2, 0) is 0 Å². The first-order chi connectivity index (χ1) is 13.5. The molecule has 0 amide bonds. The zero-order chi connectivity index (χ0) is 20.1. The maximum Gasteiger partial charge on any atom is 0.292 e. The summed E-state index contributed by atoms with van der Waals surface area (Å²) in [6.07, 6.45) is 2.56. The normalized spacial score (nSPS) is 11.7. The number of anilines is 3. The molecule has 0 spiro atoms. The Bertz CT molecular complexity index is 983. The molecule has 8 nitrogen and oxygen atoms in total.